The average molecular weight is 1270 g/mol. The SMILES string of the molecule is C=C(C)CCC[C@]1(C)OC(=O)[C@]23CC[C@@H]4C(=CC[C@H]5C(C)(C)[C@@H](O[C@@H]6OC[C@@H](OS(=O)(=O)[O-])[C@H](O)[C@H]6O[C@@H]6O[C@H](C)[C@@H](O[C@@H]7OC[C@@H](O)[C@H](O[C@@H]8O[C@H](CO)[C@@H](O)[C@H](OC)[C@H]8O)[C@H]7O)[C@H](O)[C@H]6O[C@@H]6OC[C@@H](O)[C@H](O)[C@H]6O)CC[C@]45C)[C@]2(C)CC(=O)[C@@H]31. The van der Waals surface area contributed by atoms with Crippen molar-refractivity contribution in [3.05, 3.63) is 23.8 Å². The molecule has 0 amide bonds. The molecule has 10 N–H and O–H groups in total. The number of hydrogen-bond donors (Lipinski definition) is 10. The van der Waals surface area contributed by atoms with E-state index in [1.165, 1.54) is 14.0 Å². The second-order valence-corrected chi connectivity index (χ2v) is 28.2. The Labute approximate surface area is 505 Å². The van der Waals surface area contributed by atoms with E-state index < -0.39 is 206 Å². The van der Waals surface area contributed by atoms with Crippen LogP contribution < -0.4 is 0 Å². The van der Waals surface area contributed by atoms with Crippen LogP contribution in [-0.2, 0) is 81.0 Å². The number of fused-ring (bicyclic) bond motifs is 4. The van der Waals surface area contributed by atoms with Crippen molar-refractivity contribution in [2.24, 2.45) is 39.4 Å². The molecule has 29 heteroatoms. The van der Waals surface area contributed by atoms with Crippen molar-refractivity contribution in [2.75, 3.05) is 33.5 Å². The lowest BCUT2D eigenvalue weighted by Gasteiger charge is -2.63. The fourth-order valence-electron chi connectivity index (χ4n) is 17.0. The zero-order valence-electron chi connectivity index (χ0n) is 50.2. The van der Waals surface area contributed by atoms with E-state index in [0.29, 0.717) is 38.5 Å². The van der Waals surface area contributed by atoms with E-state index in [4.69, 9.17) is 61.0 Å². The Morgan fingerprint density at radius 1 is 0.713 bits per heavy atom. The van der Waals surface area contributed by atoms with Crippen LogP contribution in [0.4, 0.5) is 0 Å². The summed E-state index contributed by atoms with van der Waals surface area (Å²) in [6, 6.07) is 0. The molecular formula is C58H89O28S-. The van der Waals surface area contributed by atoms with Crippen LogP contribution in [0, 0.1) is 39.4 Å². The number of esters is 1. The van der Waals surface area contributed by atoms with Crippen LogP contribution in [0.1, 0.15) is 106 Å². The average Bonchev–Trinajstić information content (AvgIpc) is 1.53. The Morgan fingerprint density at radius 3 is 2.00 bits per heavy atom. The molecule has 3 saturated carbocycles. The second kappa shape index (κ2) is 25.2. The van der Waals surface area contributed by atoms with Gasteiger partial charge in [-0.3, -0.25) is 13.8 Å². The van der Waals surface area contributed by atoms with Crippen LogP contribution >= 0.6 is 0 Å². The third-order valence-corrected chi connectivity index (χ3v) is 21.9. The number of ketones is 1. The van der Waals surface area contributed by atoms with Crippen molar-refractivity contribution in [2.45, 2.75) is 253 Å². The minimum absolute atomic E-state index is 0.0184. The molecule has 30 atom stereocenters. The number of methoxy groups -OCH3 is 1. The highest BCUT2D eigenvalue weighted by Gasteiger charge is 2.79. The molecular weight excluding hydrogens is 1180 g/mol. The quantitative estimate of drug-likeness (QED) is 0.0319. The van der Waals surface area contributed by atoms with Crippen molar-refractivity contribution < 1.29 is 135 Å². The van der Waals surface area contributed by atoms with Gasteiger partial charge in [-0.25, -0.2) is 8.42 Å². The van der Waals surface area contributed by atoms with Gasteiger partial charge < -0.3 is 112 Å². The number of carbonyl (C=O) groups excluding carboxylic acids is 2. The molecule has 0 aromatic rings. The molecule has 6 aliphatic heterocycles. The van der Waals surface area contributed by atoms with Crippen molar-refractivity contribution in [3.63, 3.8) is 0 Å². The summed E-state index contributed by atoms with van der Waals surface area (Å²) in [6.07, 6.45) is -31.4. The van der Waals surface area contributed by atoms with Gasteiger partial charge in [0.1, 0.15) is 109 Å². The minimum atomic E-state index is -5.50. The van der Waals surface area contributed by atoms with Crippen LogP contribution in [0.25, 0.3) is 0 Å². The molecule has 6 heterocycles. The minimum Gasteiger partial charge on any atom is -0.726 e. The maximum Gasteiger partial charge on any atom is 0.314 e. The number of hydrogen-bond acceptors (Lipinski definition) is 28. The summed E-state index contributed by atoms with van der Waals surface area (Å²) in [5, 5.41) is 111. The summed E-state index contributed by atoms with van der Waals surface area (Å²) in [6.45, 7) is 15.1. The molecule has 10 rings (SSSR count). The number of rotatable bonds is 18. The first kappa shape index (κ1) is 67.5. The second-order valence-electron chi connectivity index (χ2n) is 27.2. The Bertz CT molecular complexity index is 2650. The largest absolute Gasteiger partial charge is 0.726 e. The number of cyclic esters (lactones) is 1. The van der Waals surface area contributed by atoms with Crippen LogP contribution in [0.5, 0.6) is 0 Å². The van der Waals surface area contributed by atoms with Crippen LogP contribution in [0.3, 0.4) is 0 Å². The molecule has 6 saturated heterocycles. The van der Waals surface area contributed by atoms with E-state index >= 15 is 0 Å². The molecule has 1 spiro atoms. The van der Waals surface area contributed by atoms with E-state index in [2.05, 4.69) is 26.5 Å². The molecule has 9 fully saturated rings. The highest BCUT2D eigenvalue weighted by atomic mass is 32.3. The van der Waals surface area contributed by atoms with Gasteiger partial charge in [-0.2, -0.15) is 0 Å². The van der Waals surface area contributed by atoms with Gasteiger partial charge in [0.25, 0.3) is 0 Å². The standard InChI is InChI=1S/C58H90O28S/c1-24(2)11-10-16-57(8)47-28(60)19-56(7)27-12-13-33-54(4,5)34(15-17-55(33,6)26(27)14-18-58(47,56)53(70)85-57)80-51-45(37(65)32(23-77-51)86-87(71,72)73)84-52-46(83-48-38(66)35(63)29(61)21-75-48)39(67)42(25(3)78-52)81-49-40(68)43(30(62)22-76-49)82-50-41(69)44(74-9)36(64)31(20-59)79-50/h12,25-26,29-52,59,61-69H,1,10-11,13-23H2,2-9H3,(H,71,72,73)/p-1/t25-,26-,29-,30-,31-,32-,33+,34+,35+,36-,37+,38-,39+,40-,41-,42-,43+,44+,45-,46-,47-,48+,49+,50+,51+,52+,55-,56+,57+,58-/m1/s1. The van der Waals surface area contributed by atoms with Gasteiger partial charge in [0.15, 0.2) is 31.5 Å². The number of Topliss-reactive ketones (excluding diaryl/α,β-unsaturated/α-hetero) is 1. The van der Waals surface area contributed by atoms with E-state index in [0.717, 1.165) is 24.0 Å². The Balaban J connectivity index is 0.897. The summed E-state index contributed by atoms with van der Waals surface area (Å²) in [5.41, 5.74) is -1.70. The van der Waals surface area contributed by atoms with Crippen molar-refractivity contribution in [1.82, 2.24) is 0 Å². The Morgan fingerprint density at radius 2 is 1.33 bits per heavy atom. The lowest BCUT2D eigenvalue weighted by molar-refractivity contribution is -0.399. The van der Waals surface area contributed by atoms with Gasteiger partial charge >= 0.3 is 5.97 Å². The van der Waals surface area contributed by atoms with Crippen molar-refractivity contribution >= 4 is 22.2 Å². The number of carbonyl (C=O) groups is 2. The first-order valence-electron chi connectivity index (χ1n) is 30.2. The highest BCUT2D eigenvalue weighted by molar-refractivity contribution is 7.80. The fraction of sp³-hybridized carbons (Fsp3) is 0.897. The molecule has 0 aromatic heterocycles. The van der Waals surface area contributed by atoms with Gasteiger partial charge in [-0.05, 0) is 94.8 Å². The zero-order valence-corrected chi connectivity index (χ0v) is 51.0. The van der Waals surface area contributed by atoms with Crippen LogP contribution in [0.15, 0.2) is 23.8 Å². The predicted octanol–water partition coefficient (Wildman–Crippen LogP) is -1.62. The summed E-state index contributed by atoms with van der Waals surface area (Å²) in [5.74, 6) is -0.954. The molecule has 496 valence electrons. The topological polar surface area (TPSA) is 414 Å². The number of ether oxygens (including phenoxy) is 12. The van der Waals surface area contributed by atoms with Crippen LogP contribution in [0.2, 0.25) is 0 Å². The maximum absolute atomic E-state index is 14.5. The smallest absolute Gasteiger partial charge is 0.314 e. The Kier molecular flexibility index (Phi) is 19.5. The maximum atomic E-state index is 14.5. The number of aliphatic hydroxyl groups is 10. The van der Waals surface area contributed by atoms with E-state index in [-0.39, 0.29) is 35.4 Å². The number of allylic oxidation sites excluding steroid dienone is 3. The van der Waals surface area contributed by atoms with Crippen LogP contribution in [-0.4, -0.2) is 256 Å². The third-order valence-electron chi connectivity index (χ3n) is 21.4. The van der Waals surface area contributed by atoms with Gasteiger partial charge in [-0.15, -0.1) is 6.58 Å². The summed E-state index contributed by atoms with van der Waals surface area (Å²) in [7, 11) is -4.31. The third kappa shape index (κ3) is 11.9. The first-order valence-corrected chi connectivity index (χ1v) is 31.5. The van der Waals surface area contributed by atoms with Gasteiger partial charge in [0.2, 0.25) is 10.4 Å². The molecule has 0 bridgehead atoms. The molecule has 87 heavy (non-hydrogen) atoms. The van der Waals surface area contributed by atoms with Crippen molar-refractivity contribution in [3.8, 4) is 0 Å². The zero-order chi connectivity index (χ0) is 63.4. The fourth-order valence-corrected chi connectivity index (χ4v) is 17.4. The highest BCUT2D eigenvalue weighted by Crippen LogP contribution is 2.75. The molecule has 28 nitrogen and oxygen atoms in total. The molecule has 0 aromatic carbocycles. The molecule has 0 unspecified atom stereocenters. The van der Waals surface area contributed by atoms with Gasteiger partial charge in [0.05, 0.1) is 50.0 Å². The van der Waals surface area contributed by atoms with E-state index in [1.807, 2.05) is 27.7 Å². The summed E-state index contributed by atoms with van der Waals surface area (Å²) in [4.78, 5) is 28.9. The summed E-state index contributed by atoms with van der Waals surface area (Å²) < 4.78 is 113. The molecule has 4 aliphatic carbocycles. The van der Waals surface area contributed by atoms with E-state index in [9.17, 15) is 73.6 Å². The lowest BCUT2D eigenvalue weighted by Crippen LogP contribution is -2.67. The van der Waals surface area contributed by atoms with Crippen molar-refractivity contribution in [1.29, 1.82) is 0 Å². The monoisotopic (exact) mass is 1270 g/mol. The lowest BCUT2D eigenvalue weighted by atomic mass is 9.41. The normalized spacial score (nSPS) is 50.7. The Hall–Kier alpha value is -2.35. The van der Waals surface area contributed by atoms with E-state index in [1.54, 1.807) is 0 Å². The molecule has 0 radical (unpaired) electrons. The van der Waals surface area contributed by atoms with Gasteiger partial charge in [-0.1, -0.05) is 44.9 Å². The van der Waals surface area contributed by atoms with Gasteiger partial charge in [0, 0.05) is 18.9 Å². The summed E-state index contributed by atoms with van der Waals surface area (Å²) >= 11 is 0. The molecule has 10 aliphatic rings. The predicted molar refractivity (Wildman–Crippen MR) is 290 cm³/mol. The first-order chi connectivity index (χ1) is 40.8. The number of aliphatic hydroxyl groups excluding tert-OH is 10.